The number of ether oxygens (including phenoxy) is 1. The molecule has 1 amide bonds. The molecule has 2 rings (SSSR count). The zero-order valence-corrected chi connectivity index (χ0v) is 12.9. The molecule has 0 saturated carbocycles. The van der Waals surface area contributed by atoms with Gasteiger partial charge in [0.1, 0.15) is 5.82 Å². The van der Waals surface area contributed by atoms with Gasteiger partial charge < -0.3 is 9.64 Å². The highest BCUT2D eigenvalue weighted by Gasteiger charge is 2.23. The van der Waals surface area contributed by atoms with E-state index in [2.05, 4.69) is 4.90 Å². The van der Waals surface area contributed by atoms with E-state index in [1.165, 1.54) is 12.1 Å². The first-order chi connectivity index (χ1) is 9.97. The molecule has 1 saturated heterocycles. The van der Waals surface area contributed by atoms with Crippen LogP contribution in [-0.4, -0.2) is 55.1 Å². The van der Waals surface area contributed by atoms with Crippen LogP contribution in [-0.2, 0) is 9.53 Å². The third-order valence-electron chi connectivity index (χ3n) is 4.01. The summed E-state index contributed by atoms with van der Waals surface area (Å²) in [6.45, 7) is 6.61. The fourth-order valence-corrected chi connectivity index (χ4v) is 2.52. The number of nitrogens with zero attached hydrogens (tertiary/aromatic N) is 2. The van der Waals surface area contributed by atoms with Crippen LogP contribution in [0.25, 0.3) is 0 Å². The molecule has 1 fully saturated rings. The molecular weight excluding hydrogens is 271 g/mol. The molecule has 0 radical (unpaired) electrons. The van der Waals surface area contributed by atoms with Gasteiger partial charge in [0.2, 0.25) is 5.91 Å². The molecule has 1 heterocycles. The molecule has 2 atom stereocenters. The summed E-state index contributed by atoms with van der Waals surface area (Å²) in [5.74, 6) is -0.192. The van der Waals surface area contributed by atoms with Gasteiger partial charge in [-0.15, -0.1) is 0 Å². The molecule has 0 spiro atoms. The van der Waals surface area contributed by atoms with Crippen LogP contribution in [0.5, 0.6) is 0 Å². The van der Waals surface area contributed by atoms with Crippen LogP contribution in [0.15, 0.2) is 24.3 Å². The monoisotopic (exact) mass is 294 g/mol. The van der Waals surface area contributed by atoms with Crippen molar-refractivity contribution in [2.45, 2.75) is 26.0 Å². The first kappa shape index (κ1) is 15.9. The zero-order valence-electron chi connectivity index (χ0n) is 12.9. The summed E-state index contributed by atoms with van der Waals surface area (Å²) < 4.78 is 18.4. The van der Waals surface area contributed by atoms with Crippen LogP contribution in [0.3, 0.4) is 0 Å². The molecule has 4 nitrogen and oxygen atoms in total. The lowest BCUT2D eigenvalue weighted by molar-refractivity contribution is -0.134. The number of benzene rings is 1. The van der Waals surface area contributed by atoms with Gasteiger partial charge in [-0.2, -0.15) is 0 Å². The van der Waals surface area contributed by atoms with Crippen molar-refractivity contribution in [1.29, 1.82) is 0 Å². The number of hydrogen-bond acceptors (Lipinski definition) is 3. The summed E-state index contributed by atoms with van der Waals surface area (Å²) in [7, 11) is 1.79. The highest BCUT2D eigenvalue weighted by atomic mass is 19.1. The number of carbonyl (C=O) groups excluding carboxylic acids is 1. The van der Waals surface area contributed by atoms with Gasteiger partial charge in [0.25, 0.3) is 0 Å². The second kappa shape index (κ2) is 7.00. The van der Waals surface area contributed by atoms with Crippen molar-refractivity contribution in [3.05, 3.63) is 35.6 Å². The number of halogens is 1. The largest absolute Gasteiger partial charge is 0.376 e. The molecule has 116 valence electrons. The Hall–Kier alpha value is -1.46. The standard InChI is InChI=1S/C16H23FN2O2/c1-12-10-19(8-9-21-12)11-16(20)18(3)13(2)14-4-6-15(17)7-5-14/h4-7,12-13H,8-11H2,1-3H3. The maximum Gasteiger partial charge on any atom is 0.236 e. The van der Waals surface area contributed by atoms with Gasteiger partial charge in [0.15, 0.2) is 0 Å². The molecule has 1 aromatic rings. The lowest BCUT2D eigenvalue weighted by atomic mass is 10.1. The molecule has 0 aromatic heterocycles. The van der Waals surface area contributed by atoms with Crippen LogP contribution < -0.4 is 0 Å². The van der Waals surface area contributed by atoms with Crippen molar-refractivity contribution < 1.29 is 13.9 Å². The van der Waals surface area contributed by atoms with E-state index < -0.39 is 0 Å². The number of carbonyl (C=O) groups is 1. The lowest BCUT2D eigenvalue weighted by Crippen LogP contribution is -2.46. The predicted molar refractivity (Wildman–Crippen MR) is 79.4 cm³/mol. The number of morpholine rings is 1. The van der Waals surface area contributed by atoms with Crippen molar-refractivity contribution in [2.75, 3.05) is 33.3 Å². The highest BCUT2D eigenvalue weighted by molar-refractivity contribution is 5.78. The molecule has 1 aliphatic heterocycles. The van der Waals surface area contributed by atoms with Crippen LogP contribution in [0, 0.1) is 5.82 Å². The predicted octanol–water partition coefficient (Wildman–Crippen LogP) is 2.07. The molecule has 0 bridgehead atoms. The van der Waals surface area contributed by atoms with E-state index in [9.17, 15) is 9.18 Å². The summed E-state index contributed by atoms with van der Waals surface area (Å²) in [5.41, 5.74) is 0.933. The molecule has 1 aromatic carbocycles. The van der Waals surface area contributed by atoms with Crippen molar-refractivity contribution in [3.8, 4) is 0 Å². The summed E-state index contributed by atoms with van der Waals surface area (Å²) in [4.78, 5) is 16.2. The van der Waals surface area contributed by atoms with Crippen molar-refractivity contribution in [2.24, 2.45) is 0 Å². The highest BCUT2D eigenvalue weighted by Crippen LogP contribution is 2.19. The van der Waals surface area contributed by atoms with E-state index >= 15 is 0 Å². The second-order valence-corrected chi connectivity index (χ2v) is 5.65. The second-order valence-electron chi connectivity index (χ2n) is 5.65. The van der Waals surface area contributed by atoms with Crippen LogP contribution >= 0.6 is 0 Å². The Balaban J connectivity index is 1.93. The van der Waals surface area contributed by atoms with Crippen LogP contribution in [0.1, 0.15) is 25.5 Å². The third kappa shape index (κ3) is 4.25. The summed E-state index contributed by atoms with van der Waals surface area (Å²) in [6, 6.07) is 6.22. The summed E-state index contributed by atoms with van der Waals surface area (Å²) in [5, 5.41) is 0. The van der Waals surface area contributed by atoms with Gasteiger partial charge in [0.05, 0.1) is 25.3 Å². The maximum atomic E-state index is 13.0. The first-order valence-corrected chi connectivity index (χ1v) is 7.32. The molecule has 0 aliphatic carbocycles. The number of hydrogen-bond donors (Lipinski definition) is 0. The Morgan fingerprint density at radius 1 is 1.48 bits per heavy atom. The first-order valence-electron chi connectivity index (χ1n) is 7.32. The Labute approximate surface area is 125 Å². The van der Waals surface area contributed by atoms with Crippen molar-refractivity contribution in [1.82, 2.24) is 9.80 Å². The Kier molecular flexibility index (Phi) is 5.31. The van der Waals surface area contributed by atoms with E-state index in [0.29, 0.717) is 13.2 Å². The smallest absolute Gasteiger partial charge is 0.236 e. The van der Waals surface area contributed by atoms with Crippen molar-refractivity contribution >= 4 is 5.91 Å². The molecule has 21 heavy (non-hydrogen) atoms. The fourth-order valence-electron chi connectivity index (χ4n) is 2.52. The van der Waals surface area contributed by atoms with Crippen molar-refractivity contribution in [3.63, 3.8) is 0 Å². The molecule has 1 aliphatic rings. The van der Waals surface area contributed by atoms with Gasteiger partial charge in [-0.1, -0.05) is 12.1 Å². The lowest BCUT2D eigenvalue weighted by Gasteiger charge is -2.33. The average Bonchev–Trinajstić information content (AvgIpc) is 2.46. The molecule has 0 N–H and O–H groups in total. The maximum absolute atomic E-state index is 13.0. The zero-order chi connectivity index (χ0) is 15.4. The molecule has 2 unspecified atom stereocenters. The number of amides is 1. The SMILES string of the molecule is CC1CN(CC(=O)N(C)C(C)c2ccc(F)cc2)CCO1. The average molecular weight is 294 g/mol. The van der Waals surface area contributed by atoms with Gasteiger partial charge in [-0.3, -0.25) is 9.69 Å². The fraction of sp³-hybridized carbons (Fsp3) is 0.562. The minimum Gasteiger partial charge on any atom is -0.376 e. The van der Waals surface area contributed by atoms with Gasteiger partial charge in [-0.05, 0) is 31.5 Å². The topological polar surface area (TPSA) is 32.8 Å². The summed E-state index contributed by atoms with van der Waals surface area (Å²) in [6.07, 6.45) is 0.173. The van der Waals surface area contributed by atoms with Crippen LogP contribution in [0.4, 0.5) is 4.39 Å². The molecular formula is C16H23FN2O2. The van der Waals surface area contributed by atoms with E-state index in [4.69, 9.17) is 4.74 Å². The summed E-state index contributed by atoms with van der Waals surface area (Å²) >= 11 is 0. The Bertz CT molecular complexity index is 478. The third-order valence-corrected chi connectivity index (χ3v) is 4.01. The number of likely N-dealkylation sites (N-methyl/N-ethyl adjacent to an activating group) is 1. The van der Waals surface area contributed by atoms with E-state index in [0.717, 1.165) is 18.7 Å². The Morgan fingerprint density at radius 3 is 2.76 bits per heavy atom. The van der Waals surface area contributed by atoms with E-state index in [-0.39, 0.29) is 23.9 Å². The Morgan fingerprint density at radius 2 is 2.14 bits per heavy atom. The molecule has 5 heteroatoms. The normalized spacial score (nSPS) is 21.0. The van der Waals surface area contributed by atoms with Gasteiger partial charge in [-0.25, -0.2) is 4.39 Å². The van der Waals surface area contributed by atoms with E-state index in [1.54, 1.807) is 24.1 Å². The van der Waals surface area contributed by atoms with Gasteiger partial charge >= 0.3 is 0 Å². The minimum absolute atomic E-state index is 0.0703. The minimum atomic E-state index is -0.262. The van der Waals surface area contributed by atoms with Crippen LogP contribution in [0.2, 0.25) is 0 Å². The van der Waals surface area contributed by atoms with E-state index in [1.807, 2.05) is 13.8 Å². The quantitative estimate of drug-likeness (QED) is 0.852. The van der Waals surface area contributed by atoms with Gasteiger partial charge in [0, 0.05) is 20.1 Å². The number of rotatable bonds is 4.